The maximum Gasteiger partial charge on any atom is 0.125 e. The first-order chi connectivity index (χ1) is 9.61. The molecule has 0 spiro atoms. The first-order valence-corrected chi connectivity index (χ1v) is 7.63. The lowest BCUT2D eigenvalue weighted by Crippen LogP contribution is -1.99. The highest BCUT2D eigenvalue weighted by atomic mass is 32.2. The minimum atomic E-state index is -0.536. The normalized spacial score (nSPS) is 12.2. The van der Waals surface area contributed by atoms with E-state index in [0.717, 1.165) is 22.0 Å². The highest BCUT2D eigenvalue weighted by molar-refractivity contribution is 7.98. The number of aryl methyl sites for hydroxylation is 1. The Morgan fingerprint density at radius 1 is 1.20 bits per heavy atom. The van der Waals surface area contributed by atoms with Gasteiger partial charge in [-0.2, -0.15) is 0 Å². The third-order valence-electron chi connectivity index (χ3n) is 3.14. The fourth-order valence-electron chi connectivity index (χ4n) is 2.20. The molecule has 2 rings (SSSR count). The van der Waals surface area contributed by atoms with E-state index in [0.29, 0.717) is 0 Å². The molecule has 0 unspecified atom stereocenters. The average Bonchev–Trinajstić information content (AvgIpc) is 2.44. The molecule has 3 heteroatoms. The maximum atomic E-state index is 9.96. The summed E-state index contributed by atoms with van der Waals surface area (Å²) in [4.78, 5) is 1.07. The van der Waals surface area contributed by atoms with E-state index in [2.05, 4.69) is 31.2 Å². The molecule has 0 saturated heterocycles. The van der Waals surface area contributed by atoms with Crippen molar-refractivity contribution in [3.63, 3.8) is 0 Å². The summed E-state index contributed by atoms with van der Waals surface area (Å²) < 4.78 is 5.35. The first-order valence-electron chi connectivity index (χ1n) is 6.65. The lowest BCUT2D eigenvalue weighted by atomic mass is 10.1. The molecule has 2 aromatic rings. The number of thioether (sulfide) groups is 1. The minimum absolute atomic E-state index is 0.536. The summed E-state index contributed by atoms with van der Waals surface area (Å²) in [5.41, 5.74) is 3.42. The highest BCUT2D eigenvalue weighted by Gasteiger charge is 2.14. The number of hydrogen-bond acceptors (Lipinski definition) is 3. The number of aliphatic hydroxyl groups excluding tert-OH is 1. The molecule has 0 bridgehead atoms. The van der Waals surface area contributed by atoms with Gasteiger partial charge in [0.1, 0.15) is 5.75 Å². The van der Waals surface area contributed by atoms with Crippen LogP contribution in [0.15, 0.2) is 47.4 Å². The Morgan fingerprint density at radius 2 is 1.95 bits per heavy atom. The summed E-state index contributed by atoms with van der Waals surface area (Å²) >= 11 is 1.73. The third-order valence-corrected chi connectivity index (χ3v) is 4.29. The molecule has 1 N–H and O–H groups in total. The van der Waals surface area contributed by atoms with Gasteiger partial charge in [0, 0.05) is 16.2 Å². The minimum Gasteiger partial charge on any atom is -0.496 e. The largest absolute Gasteiger partial charge is 0.496 e. The van der Waals surface area contributed by atoms with E-state index >= 15 is 0 Å². The first kappa shape index (κ1) is 14.9. The summed E-state index contributed by atoms with van der Waals surface area (Å²) in [5, 5.41) is 9.96. The molecule has 0 amide bonds. The molecular weight excluding hydrogens is 268 g/mol. The van der Waals surface area contributed by atoms with Crippen molar-refractivity contribution in [1.29, 1.82) is 0 Å². The maximum absolute atomic E-state index is 9.96. The molecule has 20 heavy (non-hydrogen) atoms. The molecule has 2 aromatic carbocycles. The number of aliphatic hydroxyl groups is 1. The van der Waals surface area contributed by atoms with E-state index < -0.39 is 6.10 Å². The fourth-order valence-corrected chi connectivity index (χ4v) is 3.31. The second kappa shape index (κ2) is 6.82. The Balaban J connectivity index is 2.21. The van der Waals surface area contributed by atoms with Crippen LogP contribution in [0.3, 0.4) is 0 Å². The van der Waals surface area contributed by atoms with E-state index in [1.807, 2.05) is 18.2 Å². The molecule has 106 valence electrons. The van der Waals surface area contributed by atoms with Gasteiger partial charge in [-0.05, 0) is 31.5 Å². The van der Waals surface area contributed by atoms with Crippen LogP contribution < -0.4 is 4.74 Å². The van der Waals surface area contributed by atoms with Crippen LogP contribution in [-0.4, -0.2) is 12.2 Å². The molecule has 0 aliphatic rings. The smallest absolute Gasteiger partial charge is 0.125 e. The lowest BCUT2D eigenvalue weighted by molar-refractivity contribution is 0.191. The molecule has 0 aromatic heterocycles. The van der Waals surface area contributed by atoms with Crippen molar-refractivity contribution < 1.29 is 9.84 Å². The van der Waals surface area contributed by atoms with Gasteiger partial charge in [0.25, 0.3) is 0 Å². The monoisotopic (exact) mass is 288 g/mol. The van der Waals surface area contributed by atoms with E-state index in [4.69, 9.17) is 4.74 Å². The summed E-state index contributed by atoms with van der Waals surface area (Å²) in [7, 11) is 1.64. The van der Waals surface area contributed by atoms with Crippen LogP contribution in [0.1, 0.15) is 29.7 Å². The predicted molar refractivity (Wildman–Crippen MR) is 84.4 cm³/mol. The summed E-state index contributed by atoms with van der Waals surface area (Å²) in [6.45, 7) is 3.87. The zero-order valence-electron chi connectivity index (χ0n) is 12.1. The van der Waals surface area contributed by atoms with E-state index in [9.17, 15) is 5.11 Å². The van der Waals surface area contributed by atoms with Gasteiger partial charge in [-0.15, -0.1) is 11.8 Å². The van der Waals surface area contributed by atoms with Gasteiger partial charge in [-0.25, -0.2) is 0 Å². The number of benzene rings is 2. The second-order valence-corrected chi connectivity index (χ2v) is 5.84. The van der Waals surface area contributed by atoms with Crippen LogP contribution in [0.5, 0.6) is 5.75 Å². The zero-order valence-corrected chi connectivity index (χ0v) is 12.9. The predicted octanol–water partition coefficient (Wildman–Crippen LogP) is 4.35. The van der Waals surface area contributed by atoms with Crippen molar-refractivity contribution in [3.8, 4) is 5.75 Å². The molecule has 2 nitrogen and oxygen atoms in total. The fraction of sp³-hybridized carbons (Fsp3) is 0.294. The van der Waals surface area contributed by atoms with Gasteiger partial charge in [0.05, 0.1) is 13.2 Å². The van der Waals surface area contributed by atoms with E-state index in [-0.39, 0.29) is 0 Å². The van der Waals surface area contributed by atoms with Crippen molar-refractivity contribution >= 4 is 11.8 Å². The Hall–Kier alpha value is -1.45. The molecular formula is C17H20O2S. The van der Waals surface area contributed by atoms with Gasteiger partial charge in [0.15, 0.2) is 0 Å². The number of methoxy groups -OCH3 is 1. The summed E-state index contributed by atoms with van der Waals surface area (Å²) in [6.07, 6.45) is -0.536. The van der Waals surface area contributed by atoms with E-state index in [1.165, 1.54) is 11.1 Å². The van der Waals surface area contributed by atoms with Crippen LogP contribution in [0.2, 0.25) is 0 Å². The zero-order chi connectivity index (χ0) is 14.5. The van der Waals surface area contributed by atoms with Gasteiger partial charge in [-0.1, -0.05) is 35.9 Å². The Kier molecular flexibility index (Phi) is 5.10. The molecule has 0 radical (unpaired) electrons. The van der Waals surface area contributed by atoms with Gasteiger partial charge >= 0.3 is 0 Å². The number of ether oxygens (including phenoxy) is 1. The lowest BCUT2D eigenvalue weighted by Gasteiger charge is -2.15. The Morgan fingerprint density at radius 3 is 2.60 bits per heavy atom. The molecule has 0 saturated carbocycles. The number of hydrogen-bond donors (Lipinski definition) is 1. The average molecular weight is 288 g/mol. The second-order valence-electron chi connectivity index (χ2n) is 4.83. The Bertz CT molecular complexity index is 579. The molecule has 0 heterocycles. The quantitative estimate of drug-likeness (QED) is 0.829. The van der Waals surface area contributed by atoms with E-state index in [1.54, 1.807) is 25.8 Å². The van der Waals surface area contributed by atoms with Crippen LogP contribution in [0, 0.1) is 6.92 Å². The number of rotatable bonds is 5. The van der Waals surface area contributed by atoms with Crippen molar-refractivity contribution in [2.45, 2.75) is 30.6 Å². The van der Waals surface area contributed by atoms with Crippen molar-refractivity contribution in [1.82, 2.24) is 0 Å². The summed E-state index contributed by atoms with van der Waals surface area (Å²) in [6, 6.07) is 14.4. The van der Waals surface area contributed by atoms with Crippen molar-refractivity contribution in [2.24, 2.45) is 0 Å². The topological polar surface area (TPSA) is 29.5 Å². The molecule has 0 aliphatic heterocycles. The molecule has 1 atom stereocenters. The van der Waals surface area contributed by atoms with Crippen LogP contribution in [0.25, 0.3) is 0 Å². The van der Waals surface area contributed by atoms with Crippen molar-refractivity contribution in [3.05, 3.63) is 59.2 Å². The van der Waals surface area contributed by atoms with Gasteiger partial charge in [0.2, 0.25) is 0 Å². The SMILES string of the molecule is COc1cccc(SCc2cccc(C)c2)c1[C@@H](C)O. The van der Waals surface area contributed by atoms with Crippen LogP contribution >= 0.6 is 11.8 Å². The standard InChI is InChI=1S/C17H20O2S/c1-12-6-4-7-14(10-12)11-20-16-9-5-8-15(19-3)17(16)13(2)18/h4-10,13,18H,11H2,1-3H3/t13-/m1/s1. The Labute approximate surface area is 124 Å². The van der Waals surface area contributed by atoms with Crippen LogP contribution in [-0.2, 0) is 5.75 Å². The van der Waals surface area contributed by atoms with Gasteiger partial charge < -0.3 is 9.84 Å². The van der Waals surface area contributed by atoms with Crippen LogP contribution in [0.4, 0.5) is 0 Å². The molecule has 0 fully saturated rings. The third kappa shape index (κ3) is 3.56. The molecule has 0 aliphatic carbocycles. The van der Waals surface area contributed by atoms with Crippen molar-refractivity contribution in [2.75, 3.05) is 7.11 Å². The summed E-state index contributed by atoms with van der Waals surface area (Å²) in [5.74, 6) is 1.63. The highest BCUT2D eigenvalue weighted by Crippen LogP contribution is 2.36. The van der Waals surface area contributed by atoms with Gasteiger partial charge in [-0.3, -0.25) is 0 Å².